The van der Waals surface area contributed by atoms with Gasteiger partial charge >= 0.3 is 0 Å². The molecular weight excluding hydrogens is 465 g/mol. The number of pyridine rings is 1. The van der Waals surface area contributed by atoms with Gasteiger partial charge in [-0.2, -0.15) is 0 Å². The standard InChI is InChI=1S/C27H24FN3O3S/c1-35(33,34)31(19-23-4-2-3-5-26(23)28)25-12-8-22(9-13-25)27(32)30-24-10-6-20(7-11-24)18-21-14-16-29-17-15-21/h2-17H,18-19H2,1H3,(H,30,32). The number of aromatic nitrogens is 1. The van der Waals surface area contributed by atoms with Crippen molar-refractivity contribution in [2.75, 3.05) is 15.9 Å². The third-order valence-corrected chi connectivity index (χ3v) is 6.60. The largest absolute Gasteiger partial charge is 0.322 e. The minimum absolute atomic E-state index is 0.150. The monoisotopic (exact) mass is 489 g/mol. The van der Waals surface area contributed by atoms with Crippen LogP contribution in [0.15, 0.2) is 97.3 Å². The zero-order valence-corrected chi connectivity index (χ0v) is 19.9. The van der Waals surface area contributed by atoms with E-state index in [1.165, 1.54) is 24.3 Å². The highest BCUT2D eigenvalue weighted by Gasteiger charge is 2.20. The molecule has 35 heavy (non-hydrogen) atoms. The average Bonchev–Trinajstić information content (AvgIpc) is 2.85. The van der Waals surface area contributed by atoms with Crippen LogP contribution in [0.1, 0.15) is 27.0 Å². The molecule has 0 aliphatic rings. The van der Waals surface area contributed by atoms with Gasteiger partial charge in [0, 0.05) is 29.2 Å². The summed E-state index contributed by atoms with van der Waals surface area (Å²) in [4.78, 5) is 16.7. The quantitative estimate of drug-likeness (QED) is 0.377. The Hall–Kier alpha value is -4.04. The molecule has 0 saturated heterocycles. The number of nitrogens with one attached hydrogen (secondary N) is 1. The van der Waals surface area contributed by atoms with Crippen molar-refractivity contribution in [3.05, 3.63) is 125 Å². The Balaban J connectivity index is 1.44. The van der Waals surface area contributed by atoms with Crippen molar-refractivity contribution in [1.29, 1.82) is 0 Å². The third-order valence-electron chi connectivity index (χ3n) is 5.46. The molecule has 0 radical (unpaired) electrons. The van der Waals surface area contributed by atoms with E-state index in [1.54, 1.807) is 36.7 Å². The number of sulfonamides is 1. The van der Waals surface area contributed by atoms with Crippen molar-refractivity contribution in [2.24, 2.45) is 0 Å². The van der Waals surface area contributed by atoms with Crippen molar-refractivity contribution in [2.45, 2.75) is 13.0 Å². The zero-order valence-electron chi connectivity index (χ0n) is 19.1. The van der Waals surface area contributed by atoms with Crippen LogP contribution in [0, 0.1) is 5.82 Å². The molecule has 178 valence electrons. The van der Waals surface area contributed by atoms with E-state index in [1.807, 2.05) is 36.4 Å². The first-order chi connectivity index (χ1) is 16.8. The molecule has 3 aromatic carbocycles. The lowest BCUT2D eigenvalue weighted by molar-refractivity contribution is 0.102. The summed E-state index contributed by atoms with van der Waals surface area (Å²) in [7, 11) is -3.68. The van der Waals surface area contributed by atoms with Crippen LogP contribution in [0.4, 0.5) is 15.8 Å². The van der Waals surface area contributed by atoms with Crippen LogP contribution >= 0.6 is 0 Å². The lowest BCUT2D eigenvalue weighted by Gasteiger charge is -2.23. The molecule has 0 aliphatic heterocycles. The second-order valence-corrected chi connectivity index (χ2v) is 10.00. The lowest BCUT2D eigenvalue weighted by Crippen LogP contribution is -2.29. The predicted molar refractivity (Wildman–Crippen MR) is 135 cm³/mol. The molecule has 4 rings (SSSR count). The Bertz CT molecular complexity index is 1410. The Morgan fingerprint density at radius 3 is 2.14 bits per heavy atom. The fraction of sp³-hybridized carbons (Fsp3) is 0.111. The summed E-state index contributed by atoms with van der Waals surface area (Å²) in [5.74, 6) is -0.803. The Morgan fingerprint density at radius 2 is 1.51 bits per heavy atom. The van der Waals surface area contributed by atoms with Gasteiger partial charge in [0.15, 0.2) is 0 Å². The number of hydrogen-bond acceptors (Lipinski definition) is 4. The molecule has 0 fully saturated rings. The van der Waals surface area contributed by atoms with Gasteiger partial charge in [0.2, 0.25) is 10.0 Å². The van der Waals surface area contributed by atoms with E-state index in [0.29, 0.717) is 16.9 Å². The Kier molecular flexibility index (Phi) is 7.22. The van der Waals surface area contributed by atoms with Crippen molar-refractivity contribution in [1.82, 2.24) is 4.98 Å². The summed E-state index contributed by atoms with van der Waals surface area (Å²) in [6, 6.07) is 23.7. The molecule has 0 atom stereocenters. The summed E-state index contributed by atoms with van der Waals surface area (Å²) in [5.41, 5.74) is 3.87. The maximum Gasteiger partial charge on any atom is 0.255 e. The molecule has 4 aromatic rings. The minimum atomic E-state index is -3.68. The smallest absolute Gasteiger partial charge is 0.255 e. The topological polar surface area (TPSA) is 79.4 Å². The highest BCUT2D eigenvalue weighted by Crippen LogP contribution is 2.23. The number of carbonyl (C=O) groups is 1. The average molecular weight is 490 g/mol. The number of amides is 1. The van der Waals surface area contributed by atoms with E-state index in [2.05, 4.69) is 10.3 Å². The molecule has 1 N–H and O–H groups in total. The molecule has 1 aromatic heterocycles. The SMILES string of the molecule is CS(=O)(=O)N(Cc1ccccc1F)c1ccc(C(=O)Nc2ccc(Cc3ccncc3)cc2)cc1. The molecule has 0 spiro atoms. The van der Waals surface area contributed by atoms with E-state index in [9.17, 15) is 17.6 Å². The van der Waals surface area contributed by atoms with Crippen molar-refractivity contribution < 1.29 is 17.6 Å². The van der Waals surface area contributed by atoms with E-state index < -0.39 is 15.8 Å². The number of hydrogen-bond donors (Lipinski definition) is 1. The number of benzene rings is 3. The first kappa shape index (κ1) is 24.1. The fourth-order valence-electron chi connectivity index (χ4n) is 3.61. The molecule has 0 unspecified atom stereocenters. The fourth-order valence-corrected chi connectivity index (χ4v) is 4.48. The first-order valence-electron chi connectivity index (χ1n) is 10.9. The summed E-state index contributed by atoms with van der Waals surface area (Å²) in [6.45, 7) is -0.150. The number of nitrogens with zero attached hydrogens (tertiary/aromatic N) is 2. The van der Waals surface area contributed by atoms with Crippen molar-refractivity contribution >= 4 is 27.3 Å². The summed E-state index contributed by atoms with van der Waals surface area (Å²) >= 11 is 0. The molecule has 6 nitrogen and oxygen atoms in total. The number of anilines is 2. The van der Waals surface area contributed by atoms with Gasteiger partial charge in [0.25, 0.3) is 5.91 Å². The van der Waals surface area contributed by atoms with E-state index in [4.69, 9.17) is 0 Å². The van der Waals surface area contributed by atoms with E-state index >= 15 is 0 Å². The maximum atomic E-state index is 14.1. The van der Waals surface area contributed by atoms with Gasteiger partial charge in [-0.1, -0.05) is 30.3 Å². The van der Waals surface area contributed by atoms with Gasteiger partial charge in [-0.3, -0.25) is 14.1 Å². The van der Waals surface area contributed by atoms with Gasteiger partial charge in [-0.05, 0) is 72.1 Å². The Morgan fingerprint density at radius 1 is 0.886 bits per heavy atom. The van der Waals surface area contributed by atoms with E-state index in [0.717, 1.165) is 28.1 Å². The second kappa shape index (κ2) is 10.5. The maximum absolute atomic E-state index is 14.1. The van der Waals surface area contributed by atoms with Crippen molar-refractivity contribution in [3.8, 4) is 0 Å². The zero-order chi connectivity index (χ0) is 24.8. The van der Waals surface area contributed by atoms with Crippen LogP contribution in [0.5, 0.6) is 0 Å². The van der Waals surface area contributed by atoms with Gasteiger partial charge < -0.3 is 5.32 Å². The summed E-state index contributed by atoms with van der Waals surface area (Å²) < 4.78 is 39.9. The van der Waals surface area contributed by atoms with Crippen LogP contribution in [0.25, 0.3) is 0 Å². The summed E-state index contributed by atoms with van der Waals surface area (Å²) in [5, 5.41) is 2.85. The number of rotatable bonds is 8. The van der Waals surface area contributed by atoms with Crippen LogP contribution < -0.4 is 9.62 Å². The van der Waals surface area contributed by atoms with E-state index in [-0.39, 0.29) is 18.0 Å². The molecule has 1 amide bonds. The van der Waals surface area contributed by atoms with Gasteiger partial charge in [0.05, 0.1) is 18.5 Å². The lowest BCUT2D eigenvalue weighted by atomic mass is 10.1. The third kappa shape index (κ3) is 6.30. The van der Waals surface area contributed by atoms with Crippen LogP contribution in [0.2, 0.25) is 0 Å². The normalized spacial score (nSPS) is 11.1. The highest BCUT2D eigenvalue weighted by molar-refractivity contribution is 7.92. The predicted octanol–water partition coefficient (Wildman–Crippen LogP) is 5.03. The van der Waals surface area contributed by atoms with Gasteiger partial charge in [-0.15, -0.1) is 0 Å². The van der Waals surface area contributed by atoms with Crippen LogP contribution in [0.3, 0.4) is 0 Å². The highest BCUT2D eigenvalue weighted by atomic mass is 32.2. The molecule has 0 aliphatic carbocycles. The summed E-state index contributed by atoms with van der Waals surface area (Å²) in [6.07, 6.45) is 5.34. The second-order valence-electron chi connectivity index (χ2n) is 8.09. The molecule has 1 heterocycles. The van der Waals surface area contributed by atoms with Crippen LogP contribution in [-0.2, 0) is 23.0 Å². The Labute approximate surface area is 204 Å². The minimum Gasteiger partial charge on any atom is -0.322 e. The molecule has 0 saturated carbocycles. The molecule has 8 heteroatoms. The number of carbonyl (C=O) groups excluding carboxylic acids is 1. The first-order valence-corrected chi connectivity index (χ1v) is 12.7. The van der Waals surface area contributed by atoms with Gasteiger partial charge in [0.1, 0.15) is 5.82 Å². The van der Waals surface area contributed by atoms with Crippen LogP contribution in [-0.4, -0.2) is 25.6 Å². The molecule has 0 bridgehead atoms. The van der Waals surface area contributed by atoms with Crippen molar-refractivity contribution in [3.63, 3.8) is 0 Å². The number of halogens is 1. The molecular formula is C27H24FN3O3S. The van der Waals surface area contributed by atoms with Gasteiger partial charge in [-0.25, -0.2) is 12.8 Å².